The van der Waals surface area contributed by atoms with Gasteiger partial charge in [0.25, 0.3) is 11.4 Å². The summed E-state index contributed by atoms with van der Waals surface area (Å²) in [6.45, 7) is 8.67. The van der Waals surface area contributed by atoms with Crippen molar-refractivity contribution in [1.82, 2.24) is 0 Å². The Morgan fingerprint density at radius 3 is 1.48 bits per heavy atom. The van der Waals surface area contributed by atoms with Gasteiger partial charge >= 0.3 is 11.9 Å². The lowest BCUT2D eigenvalue weighted by Gasteiger charge is -2.15. The second-order valence-electron chi connectivity index (χ2n) is 9.03. The van der Waals surface area contributed by atoms with Crippen LogP contribution < -0.4 is 18.9 Å². The van der Waals surface area contributed by atoms with Crippen LogP contribution in [0.2, 0.25) is 0 Å². The maximum atomic E-state index is 11.3. The fraction of sp³-hybridized carbons (Fsp3) is 0.500. The van der Waals surface area contributed by atoms with Gasteiger partial charge in [-0.1, -0.05) is 27.7 Å². The van der Waals surface area contributed by atoms with Gasteiger partial charge in [0, 0.05) is 11.1 Å². The second kappa shape index (κ2) is 17.3. The van der Waals surface area contributed by atoms with Gasteiger partial charge in [0.2, 0.25) is 0 Å². The molecule has 0 aliphatic rings. The van der Waals surface area contributed by atoms with Crippen molar-refractivity contribution in [3.8, 4) is 23.0 Å². The Hall–Kier alpha value is -4.62. The molecule has 2 aromatic rings. The fourth-order valence-corrected chi connectivity index (χ4v) is 3.70. The van der Waals surface area contributed by atoms with E-state index >= 15 is 0 Å². The van der Waals surface area contributed by atoms with Crippen LogP contribution in [0.1, 0.15) is 70.4 Å². The Labute approximate surface area is 243 Å². The minimum atomic E-state index is -1.17. The van der Waals surface area contributed by atoms with Crippen LogP contribution in [0, 0.1) is 20.2 Å². The molecule has 0 aliphatic carbocycles. The molecule has 0 saturated heterocycles. The maximum Gasteiger partial charge on any atom is 0.344 e. The van der Waals surface area contributed by atoms with Crippen LogP contribution in [0.25, 0.3) is 0 Å². The fourth-order valence-electron chi connectivity index (χ4n) is 3.70. The third-order valence-electron chi connectivity index (χ3n) is 6.31. The largest absolute Gasteiger partial charge is 0.493 e. The Balaban J connectivity index is 0.000000422. The van der Waals surface area contributed by atoms with E-state index in [9.17, 15) is 29.8 Å². The third kappa shape index (κ3) is 10.1. The number of ether oxygens (including phenoxy) is 5. The van der Waals surface area contributed by atoms with Gasteiger partial charge in [0.15, 0.2) is 36.2 Å². The summed E-state index contributed by atoms with van der Waals surface area (Å²) in [5.41, 5.74) is 0.972. The first kappa shape index (κ1) is 35.4. The summed E-state index contributed by atoms with van der Waals surface area (Å²) in [4.78, 5) is 43.3. The average Bonchev–Trinajstić information content (AvgIpc) is 2.97. The molecule has 0 radical (unpaired) electrons. The summed E-state index contributed by atoms with van der Waals surface area (Å²) in [5, 5.41) is 31.0. The van der Waals surface area contributed by atoms with Crippen molar-refractivity contribution >= 4 is 23.3 Å². The van der Waals surface area contributed by atoms with Gasteiger partial charge in [0.05, 0.1) is 42.8 Å². The topological polar surface area (TPSA) is 187 Å². The molecule has 2 aromatic carbocycles. The first-order valence-corrected chi connectivity index (χ1v) is 13.2. The zero-order valence-corrected chi connectivity index (χ0v) is 24.8. The van der Waals surface area contributed by atoms with Crippen molar-refractivity contribution in [2.24, 2.45) is 0 Å². The van der Waals surface area contributed by atoms with Crippen molar-refractivity contribution in [3.63, 3.8) is 0 Å². The zero-order valence-electron chi connectivity index (χ0n) is 24.8. The number of carbonyl (C=O) groups is 2. The van der Waals surface area contributed by atoms with Gasteiger partial charge in [-0.25, -0.2) is 9.59 Å². The Morgan fingerprint density at radius 1 is 0.762 bits per heavy atom. The van der Waals surface area contributed by atoms with E-state index in [1.807, 2.05) is 27.7 Å². The average molecular weight is 595 g/mol. The van der Waals surface area contributed by atoms with E-state index in [1.165, 1.54) is 32.4 Å². The predicted octanol–water partition coefficient (Wildman–Crippen LogP) is 5.64. The van der Waals surface area contributed by atoms with E-state index in [-0.39, 0.29) is 53.7 Å². The highest BCUT2D eigenvalue weighted by atomic mass is 16.6. The number of hydrogen-bond donors (Lipinski definition) is 1. The molecule has 0 heterocycles. The number of esters is 1. The molecule has 0 bridgehead atoms. The van der Waals surface area contributed by atoms with Crippen LogP contribution in [-0.4, -0.2) is 60.9 Å². The number of nitro groups is 2. The number of carboxylic acid groups (broad SMARTS) is 1. The van der Waals surface area contributed by atoms with E-state index in [2.05, 4.69) is 0 Å². The number of nitrogens with zero attached hydrogens (tertiary/aromatic N) is 2. The van der Waals surface area contributed by atoms with E-state index in [0.717, 1.165) is 12.8 Å². The normalized spacial score (nSPS) is 11.7. The van der Waals surface area contributed by atoms with Gasteiger partial charge in [0.1, 0.15) is 0 Å². The van der Waals surface area contributed by atoms with E-state index in [0.29, 0.717) is 16.9 Å². The predicted molar refractivity (Wildman–Crippen MR) is 152 cm³/mol. The molecule has 0 spiro atoms. The number of nitro benzene ring substituents is 2. The highest BCUT2D eigenvalue weighted by Gasteiger charge is 2.24. The summed E-state index contributed by atoms with van der Waals surface area (Å²) >= 11 is 0. The van der Waals surface area contributed by atoms with Gasteiger partial charge < -0.3 is 28.8 Å². The van der Waals surface area contributed by atoms with Crippen LogP contribution in [0.15, 0.2) is 24.3 Å². The molecule has 232 valence electrons. The molecule has 14 nitrogen and oxygen atoms in total. The van der Waals surface area contributed by atoms with Gasteiger partial charge in [-0.2, -0.15) is 0 Å². The molecule has 0 amide bonds. The Bertz CT molecular complexity index is 1250. The van der Waals surface area contributed by atoms with Crippen LogP contribution in [0.3, 0.4) is 0 Å². The number of methoxy groups -OCH3 is 2. The first-order valence-electron chi connectivity index (χ1n) is 13.2. The Kier molecular flexibility index (Phi) is 14.5. The summed E-state index contributed by atoms with van der Waals surface area (Å²) in [7, 11) is 2.84. The second-order valence-corrected chi connectivity index (χ2v) is 9.03. The number of carboxylic acids is 1. The summed E-state index contributed by atoms with van der Waals surface area (Å²) < 4.78 is 25.4. The van der Waals surface area contributed by atoms with Gasteiger partial charge in [-0.15, -0.1) is 0 Å². The van der Waals surface area contributed by atoms with Crippen LogP contribution in [0.4, 0.5) is 11.4 Å². The third-order valence-corrected chi connectivity index (χ3v) is 6.31. The molecule has 0 aromatic heterocycles. The number of carbonyl (C=O) groups excluding carboxylic acids is 1. The highest BCUT2D eigenvalue weighted by molar-refractivity contribution is 5.71. The monoisotopic (exact) mass is 594 g/mol. The molecular formula is C28H38N2O12. The summed E-state index contributed by atoms with van der Waals surface area (Å²) in [6.07, 6.45) is 1.49. The maximum absolute atomic E-state index is 11.3. The molecule has 2 unspecified atom stereocenters. The summed E-state index contributed by atoms with van der Waals surface area (Å²) in [6, 6.07) is 5.62. The van der Waals surface area contributed by atoms with Crippen LogP contribution >= 0.6 is 0 Å². The molecule has 14 heteroatoms. The van der Waals surface area contributed by atoms with E-state index < -0.39 is 28.4 Å². The molecule has 2 atom stereocenters. The minimum Gasteiger partial charge on any atom is -0.493 e. The number of benzene rings is 2. The van der Waals surface area contributed by atoms with Crippen molar-refractivity contribution in [2.75, 3.05) is 34.0 Å². The number of rotatable bonds is 15. The number of aliphatic carboxylic acids is 1. The smallest absolute Gasteiger partial charge is 0.344 e. The van der Waals surface area contributed by atoms with Crippen molar-refractivity contribution in [3.05, 3.63) is 55.6 Å². The molecule has 0 aliphatic heterocycles. The van der Waals surface area contributed by atoms with E-state index in [4.69, 9.17) is 28.8 Å². The molecule has 2 rings (SSSR count). The lowest BCUT2D eigenvalue weighted by molar-refractivity contribution is -0.385. The van der Waals surface area contributed by atoms with E-state index in [1.54, 1.807) is 13.0 Å². The van der Waals surface area contributed by atoms with Crippen molar-refractivity contribution in [1.29, 1.82) is 0 Å². The highest BCUT2D eigenvalue weighted by Crippen LogP contribution is 2.40. The lowest BCUT2D eigenvalue weighted by atomic mass is 9.96. The van der Waals surface area contributed by atoms with Crippen molar-refractivity contribution in [2.45, 2.75) is 59.3 Å². The zero-order chi connectivity index (χ0) is 32.0. The van der Waals surface area contributed by atoms with Crippen LogP contribution in [0.5, 0.6) is 23.0 Å². The summed E-state index contributed by atoms with van der Waals surface area (Å²) in [5.74, 6) is -0.884. The molecular weight excluding hydrogens is 556 g/mol. The van der Waals surface area contributed by atoms with Gasteiger partial charge in [-0.05, 0) is 43.7 Å². The van der Waals surface area contributed by atoms with Crippen LogP contribution in [-0.2, 0) is 14.3 Å². The number of hydrogen-bond acceptors (Lipinski definition) is 11. The lowest BCUT2D eigenvalue weighted by Crippen LogP contribution is -2.15. The molecule has 1 N–H and O–H groups in total. The quantitative estimate of drug-likeness (QED) is 0.152. The standard InChI is InChI=1S/C15H21NO6.C13H17NO6/c1-5-10(3)11-7-13(20-4)14(8-12(11)16(18)19)22-9-15(17)21-6-2;1-4-8(2)9-5-11(19-3)12(20-7-13(15)16)6-10(9)14(17)18/h7-8,10H,5-6,9H2,1-4H3;5-6,8H,4,7H2,1-3H3,(H,15,16). The van der Waals surface area contributed by atoms with Gasteiger partial charge in [-0.3, -0.25) is 20.2 Å². The molecule has 0 fully saturated rings. The first-order chi connectivity index (χ1) is 19.8. The minimum absolute atomic E-state index is 0.00778. The SMILES string of the molecule is CCC(C)c1cc(OC)c(OCC(=O)O)cc1[N+](=O)[O-].CCOC(=O)COc1cc([N+](=O)[O-])c(C(C)CC)cc1OC. The molecule has 0 saturated carbocycles. The molecule has 42 heavy (non-hydrogen) atoms. The Morgan fingerprint density at radius 2 is 1.17 bits per heavy atom. The van der Waals surface area contributed by atoms with Crippen molar-refractivity contribution < 1.29 is 48.2 Å².